The molecule has 1 aromatic heterocycles. The summed E-state index contributed by atoms with van der Waals surface area (Å²) in [4.78, 5) is 13.0. The lowest BCUT2D eigenvalue weighted by molar-refractivity contribution is 0.123. The van der Waals surface area contributed by atoms with Gasteiger partial charge in [-0.15, -0.1) is 0 Å². The second kappa shape index (κ2) is 9.79. The van der Waals surface area contributed by atoms with Gasteiger partial charge in [0, 0.05) is 18.7 Å². The summed E-state index contributed by atoms with van der Waals surface area (Å²) in [6.45, 7) is 5.75. The number of hydrogen-bond donors (Lipinski definition) is 1. The Morgan fingerprint density at radius 3 is 2.57 bits per heavy atom. The SMILES string of the molecule is C=C(O)[C@@H]1[C@@H](OC)Sc2c(-c3ccc(F)c(F)c3)c(CCCCCCC)cc(=O)n21. The van der Waals surface area contributed by atoms with Crippen molar-refractivity contribution in [2.75, 3.05) is 7.11 Å². The van der Waals surface area contributed by atoms with E-state index in [-0.39, 0.29) is 11.3 Å². The number of aliphatic hydroxyl groups is 1. The third kappa shape index (κ3) is 4.47. The molecule has 1 aromatic carbocycles. The van der Waals surface area contributed by atoms with Crippen LogP contribution < -0.4 is 5.56 Å². The summed E-state index contributed by atoms with van der Waals surface area (Å²) in [5, 5.41) is 10.7. The van der Waals surface area contributed by atoms with E-state index in [9.17, 15) is 18.7 Å². The fourth-order valence-electron chi connectivity index (χ4n) is 3.88. The standard InChI is InChI=1S/C23H27F2NO3S/c1-4-5-6-7-8-9-15-13-19(28)26-21(14(2)27)23(29-3)30-22(26)20(15)16-10-11-17(24)18(25)12-16/h10-13,21,23,27H,2,4-9H2,1,3H3/t21-,23+/m1/s1. The van der Waals surface area contributed by atoms with E-state index in [1.54, 1.807) is 0 Å². The number of halogens is 2. The normalized spacial score (nSPS) is 17.9. The van der Waals surface area contributed by atoms with Crippen LogP contribution in [0.2, 0.25) is 0 Å². The van der Waals surface area contributed by atoms with Gasteiger partial charge in [-0.3, -0.25) is 9.36 Å². The summed E-state index contributed by atoms with van der Waals surface area (Å²) < 4.78 is 34.5. The molecule has 162 valence electrons. The van der Waals surface area contributed by atoms with Crippen molar-refractivity contribution in [3.63, 3.8) is 0 Å². The molecule has 2 aromatic rings. The van der Waals surface area contributed by atoms with Crippen LogP contribution in [0.25, 0.3) is 11.1 Å². The minimum absolute atomic E-state index is 0.182. The lowest BCUT2D eigenvalue weighted by atomic mass is 9.96. The van der Waals surface area contributed by atoms with E-state index in [0.717, 1.165) is 49.8 Å². The number of aromatic nitrogens is 1. The second-order valence-electron chi connectivity index (χ2n) is 7.51. The van der Waals surface area contributed by atoms with Crippen molar-refractivity contribution < 1.29 is 18.6 Å². The maximum Gasteiger partial charge on any atom is 0.252 e. The summed E-state index contributed by atoms with van der Waals surface area (Å²) >= 11 is 1.28. The quantitative estimate of drug-likeness (QED) is 0.388. The van der Waals surface area contributed by atoms with E-state index in [2.05, 4.69) is 13.5 Å². The molecule has 4 nitrogen and oxygen atoms in total. The van der Waals surface area contributed by atoms with E-state index in [1.807, 2.05) is 0 Å². The summed E-state index contributed by atoms with van der Waals surface area (Å²) in [5.74, 6) is -2.05. The third-order valence-corrected chi connectivity index (χ3v) is 6.69. The molecule has 1 aliphatic rings. The van der Waals surface area contributed by atoms with Crippen LogP contribution in [0.15, 0.2) is 46.4 Å². The summed E-state index contributed by atoms with van der Waals surface area (Å²) in [7, 11) is 1.50. The van der Waals surface area contributed by atoms with Gasteiger partial charge < -0.3 is 9.84 Å². The number of aliphatic hydroxyl groups excluding tert-OH is 1. The lowest BCUT2D eigenvalue weighted by Gasteiger charge is -2.19. The van der Waals surface area contributed by atoms with Crippen molar-refractivity contribution in [2.24, 2.45) is 0 Å². The van der Waals surface area contributed by atoms with Gasteiger partial charge in [-0.2, -0.15) is 0 Å². The van der Waals surface area contributed by atoms with Gasteiger partial charge in [0.1, 0.15) is 17.2 Å². The first-order valence-electron chi connectivity index (χ1n) is 10.2. The summed E-state index contributed by atoms with van der Waals surface area (Å²) in [6.07, 6.45) is 6.01. The number of nitrogens with zero attached hydrogens (tertiary/aromatic N) is 1. The van der Waals surface area contributed by atoms with Crippen molar-refractivity contribution in [1.82, 2.24) is 4.57 Å². The van der Waals surface area contributed by atoms with Crippen LogP contribution in [0.1, 0.15) is 50.6 Å². The Morgan fingerprint density at radius 2 is 1.93 bits per heavy atom. The molecule has 0 saturated heterocycles. The summed E-state index contributed by atoms with van der Waals surface area (Å²) in [6, 6.07) is 4.55. The Kier molecular flexibility index (Phi) is 7.36. The number of benzene rings is 1. The first-order valence-corrected chi connectivity index (χ1v) is 11.1. The Labute approximate surface area is 179 Å². The van der Waals surface area contributed by atoms with E-state index in [0.29, 0.717) is 22.6 Å². The molecule has 0 saturated carbocycles. The average molecular weight is 436 g/mol. The molecule has 0 radical (unpaired) electrons. The van der Waals surface area contributed by atoms with Gasteiger partial charge in [-0.25, -0.2) is 8.78 Å². The zero-order chi connectivity index (χ0) is 21.8. The monoisotopic (exact) mass is 435 g/mol. The Hall–Kier alpha value is -2.12. The minimum atomic E-state index is -0.944. The topological polar surface area (TPSA) is 51.5 Å². The van der Waals surface area contributed by atoms with E-state index in [1.165, 1.54) is 35.6 Å². The molecule has 7 heteroatoms. The van der Waals surface area contributed by atoms with Gasteiger partial charge in [0.05, 0.1) is 5.03 Å². The number of thioether (sulfide) groups is 1. The Morgan fingerprint density at radius 1 is 1.20 bits per heavy atom. The van der Waals surface area contributed by atoms with Crippen LogP contribution in [-0.2, 0) is 11.2 Å². The molecular formula is C23H27F2NO3S. The van der Waals surface area contributed by atoms with Crippen molar-refractivity contribution in [3.05, 3.63) is 64.2 Å². The molecule has 0 unspecified atom stereocenters. The highest BCUT2D eigenvalue weighted by Gasteiger charge is 2.39. The maximum absolute atomic E-state index is 14.0. The van der Waals surface area contributed by atoms with Crippen molar-refractivity contribution in [1.29, 1.82) is 0 Å². The Bertz CT molecular complexity index is 989. The number of aryl methyl sites for hydroxylation is 1. The molecule has 2 heterocycles. The molecule has 0 amide bonds. The molecule has 1 N–H and O–H groups in total. The van der Waals surface area contributed by atoms with Gasteiger partial charge in [0.25, 0.3) is 5.56 Å². The summed E-state index contributed by atoms with van der Waals surface area (Å²) in [5.41, 5.74) is 1.15. The van der Waals surface area contributed by atoms with Crippen LogP contribution in [-0.4, -0.2) is 22.2 Å². The van der Waals surface area contributed by atoms with Gasteiger partial charge in [0.15, 0.2) is 11.6 Å². The number of pyridine rings is 1. The van der Waals surface area contributed by atoms with Gasteiger partial charge in [-0.05, 0) is 36.1 Å². The van der Waals surface area contributed by atoms with Crippen LogP contribution >= 0.6 is 11.8 Å². The van der Waals surface area contributed by atoms with E-state index < -0.39 is 23.1 Å². The lowest BCUT2D eigenvalue weighted by Crippen LogP contribution is -2.29. The number of fused-ring (bicyclic) bond motifs is 1. The molecule has 0 spiro atoms. The van der Waals surface area contributed by atoms with Crippen molar-refractivity contribution in [3.8, 4) is 11.1 Å². The van der Waals surface area contributed by atoms with Crippen molar-refractivity contribution in [2.45, 2.75) is 62.0 Å². The maximum atomic E-state index is 14.0. The first-order chi connectivity index (χ1) is 14.4. The van der Waals surface area contributed by atoms with Gasteiger partial charge >= 0.3 is 0 Å². The molecule has 3 rings (SSSR count). The van der Waals surface area contributed by atoms with Crippen LogP contribution in [0.5, 0.6) is 0 Å². The van der Waals surface area contributed by atoms with Gasteiger partial charge in [-0.1, -0.05) is 57.0 Å². The minimum Gasteiger partial charge on any atom is -0.511 e. The molecule has 0 aliphatic carbocycles. The van der Waals surface area contributed by atoms with Crippen LogP contribution in [0.3, 0.4) is 0 Å². The van der Waals surface area contributed by atoms with E-state index in [4.69, 9.17) is 4.74 Å². The predicted molar refractivity (Wildman–Crippen MR) is 116 cm³/mol. The molecular weight excluding hydrogens is 408 g/mol. The largest absolute Gasteiger partial charge is 0.511 e. The van der Waals surface area contributed by atoms with Crippen molar-refractivity contribution >= 4 is 11.8 Å². The molecule has 30 heavy (non-hydrogen) atoms. The van der Waals surface area contributed by atoms with Gasteiger partial charge in [0.2, 0.25) is 0 Å². The highest BCUT2D eigenvalue weighted by molar-refractivity contribution is 8.00. The number of ether oxygens (including phenoxy) is 1. The van der Waals surface area contributed by atoms with Crippen LogP contribution in [0, 0.1) is 11.6 Å². The third-order valence-electron chi connectivity index (χ3n) is 5.38. The molecule has 0 bridgehead atoms. The number of hydrogen-bond acceptors (Lipinski definition) is 4. The fourth-order valence-corrected chi connectivity index (χ4v) is 5.29. The number of unbranched alkanes of at least 4 members (excludes halogenated alkanes) is 4. The smallest absolute Gasteiger partial charge is 0.252 e. The predicted octanol–water partition coefficient (Wildman–Crippen LogP) is 6.00. The van der Waals surface area contributed by atoms with E-state index >= 15 is 0 Å². The highest BCUT2D eigenvalue weighted by atomic mass is 32.2. The zero-order valence-corrected chi connectivity index (χ0v) is 18.1. The number of methoxy groups -OCH3 is 1. The first kappa shape index (κ1) is 22.6. The second-order valence-corrected chi connectivity index (χ2v) is 8.60. The molecule has 1 aliphatic heterocycles. The fraction of sp³-hybridized carbons (Fsp3) is 0.435. The van der Waals surface area contributed by atoms with Crippen LogP contribution in [0.4, 0.5) is 8.78 Å². The highest BCUT2D eigenvalue weighted by Crippen LogP contribution is 2.47. The number of rotatable bonds is 9. The average Bonchev–Trinajstić information content (AvgIpc) is 3.10. The molecule has 2 atom stereocenters. The zero-order valence-electron chi connectivity index (χ0n) is 17.3. The molecule has 0 fully saturated rings. The Balaban J connectivity index is 2.12.